The van der Waals surface area contributed by atoms with Crippen LogP contribution in [0.25, 0.3) is 0 Å². The lowest BCUT2D eigenvalue weighted by atomic mass is 10.0. The SMILES string of the molecule is CCC(C)(C)N=C=S. The van der Waals surface area contributed by atoms with Crippen molar-refractivity contribution in [2.45, 2.75) is 32.7 Å². The molecule has 0 aromatic rings. The lowest BCUT2D eigenvalue weighted by Gasteiger charge is -2.12. The van der Waals surface area contributed by atoms with Crippen molar-refractivity contribution in [3.05, 3.63) is 0 Å². The van der Waals surface area contributed by atoms with Crippen LogP contribution in [0.15, 0.2) is 4.99 Å². The first-order valence-electron chi connectivity index (χ1n) is 2.71. The third-order valence-corrected chi connectivity index (χ3v) is 1.30. The van der Waals surface area contributed by atoms with Gasteiger partial charge in [0.2, 0.25) is 0 Å². The molecule has 0 aromatic heterocycles. The van der Waals surface area contributed by atoms with Gasteiger partial charge in [-0.05, 0) is 32.5 Å². The molecule has 0 aliphatic carbocycles. The van der Waals surface area contributed by atoms with E-state index in [-0.39, 0.29) is 5.54 Å². The molecule has 0 unspecified atom stereocenters. The predicted molar refractivity (Wildman–Crippen MR) is 39.4 cm³/mol. The smallest absolute Gasteiger partial charge is 0.0652 e. The summed E-state index contributed by atoms with van der Waals surface area (Å²) in [5.74, 6) is 0. The highest BCUT2D eigenvalue weighted by atomic mass is 32.1. The molecule has 0 amide bonds. The Morgan fingerprint density at radius 2 is 2.12 bits per heavy atom. The van der Waals surface area contributed by atoms with Crippen LogP contribution in [-0.2, 0) is 0 Å². The average Bonchev–Trinajstić information content (AvgIpc) is 1.67. The van der Waals surface area contributed by atoms with Crippen LogP contribution >= 0.6 is 12.2 Å². The number of hydrogen-bond acceptors (Lipinski definition) is 2. The Morgan fingerprint density at radius 1 is 1.62 bits per heavy atom. The minimum Gasteiger partial charge on any atom is -0.226 e. The summed E-state index contributed by atoms with van der Waals surface area (Å²) in [6.07, 6.45) is 1.01. The molecule has 1 nitrogen and oxygen atoms in total. The van der Waals surface area contributed by atoms with Crippen LogP contribution in [-0.4, -0.2) is 10.7 Å². The van der Waals surface area contributed by atoms with Gasteiger partial charge in [-0.25, -0.2) is 4.99 Å². The van der Waals surface area contributed by atoms with Crippen LogP contribution in [0, 0.1) is 0 Å². The number of thiocarbonyl (C=S) groups is 1. The highest BCUT2D eigenvalue weighted by Crippen LogP contribution is 2.11. The maximum atomic E-state index is 4.45. The van der Waals surface area contributed by atoms with Crippen LogP contribution in [0.5, 0.6) is 0 Å². The zero-order valence-electron chi connectivity index (χ0n) is 5.56. The van der Waals surface area contributed by atoms with Gasteiger partial charge in [0.1, 0.15) is 0 Å². The molecule has 0 atom stereocenters. The third-order valence-electron chi connectivity index (χ3n) is 1.21. The fourth-order valence-corrected chi connectivity index (χ4v) is 0.450. The fourth-order valence-electron chi connectivity index (χ4n) is 0.203. The van der Waals surface area contributed by atoms with Gasteiger partial charge in [0.05, 0.1) is 10.7 Å². The van der Waals surface area contributed by atoms with Gasteiger partial charge in [-0.2, -0.15) is 0 Å². The first kappa shape index (κ1) is 7.80. The van der Waals surface area contributed by atoms with Gasteiger partial charge in [0.15, 0.2) is 0 Å². The maximum absolute atomic E-state index is 4.45. The molecule has 0 aliphatic rings. The van der Waals surface area contributed by atoms with Crippen molar-refractivity contribution in [3.8, 4) is 0 Å². The first-order valence-corrected chi connectivity index (χ1v) is 3.12. The van der Waals surface area contributed by atoms with Crippen LogP contribution in [0.2, 0.25) is 0 Å². The summed E-state index contributed by atoms with van der Waals surface area (Å²) in [5.41, 5.74) is 0.00174. The molecule has 2 heteroatoms. The lowest BCUT2D eigenvalue weighted by molar-refractivity contribution is 0.508. The van der Waals surface area contributed by atoms with Crippen LogP contribution in [0.3, 0.4) is 0 Å². The summed E-state index contributed by atoms with van der Waals surface area (Å²) < 4.78 is 0. The average molecular weight is 129 g/mol. The largest absolute Gasteiger partial charge is 0.226 e. The molecule has 0 fully saturated rings. The second kappa shape index (κ2) is 2.95. The molecule has 0 heterocycles. The van der Waals surface area contributed by atoms with Crippen molar-refractivity contribution in [2.75, 3.05) is 0 Å². The molecule has 46 valence electrons. The van der Waals surface area contributed by atoms with E-state index in [0.717, 1.165) is 6.42 Å². The summed E-state index contributed by atoms with van der Waals surface area (Å²) in [6.45, 7) is 6.15. The van der Waals surface area contributed by atoms with Crippen molar-refractivity contribution < 1.29 is 0 Å². The Labute approximate surface area is 55.8 Å². The quantitative estimate of drug-likeness (QED) is 0.411. The standard InChI is InChI=1S/C6H11NS/c1-4-6(2,3)7-5-8/h4H2,1-3H3. The maximum Gasteiger partial charge on any atom is 0.0652 e. The van der Waals surface area contributed by atoms with E-state index in [9.17, 15) is 0 Å². The molecule has 0 bridgehead atoms. The van der Waals surface area contributed by atoms with Gasteiger partial charge < -0.3 is 0 Å². The molecule has 0 saturated carbocycles. The molecular weight excluding hydrogens is 118 g/mol. The predicted octanol–water partition coefficient (Wildman–Crippen LogP) is 2.28. The third kappa shape index (κ3) is 2.89. The molecular formula is C6H11NS. The normalized spacial score (nSPS) is 10.4. The minimum absolute atomic E-state index is 0.00174. The Morgan fingerprint density at radius 3 is 2.25 bits per heavy atom. The lowest BCUT2D eigenvalue weighted by Crippen LogP contribution is -2.13. The number of nitrogens with zero attached hydrogens (tertiary/aromatic N) is 1. The summed E-state index contributed by atoms with van der Waals surface area (Å²) >= 11 is 4.45. The molecule has 0 spiro atoms. The summed E-state index contributed by atoms with van der Waals surface area (Å²) in [5, 5.41) is 2.37. The van der Waals surface area contributed by atoms with Gasteiger partial charge in [-0.1, -0.05) is 6.92 Å². The van der Waals surface area contributed by atoms with Crippen molar-refractivity contribution >= 4 is 17.4 Å². The summed E-state index contributed by atoms with van der Waals surface area (Å²) in [6, 6.07) is 0. The summed E-state index contributed by atoms with van der Waals surface area (Å²) in [7, 11) is 0. The zero-order valence-corrected chi connectivity index (χ0v) is 6.38. The highest BCUT2D eigenvalue weighted by molar-refractivity contribution is 7.78. The van der Waals surface area contributed by atoms with Crippen molar-refractivity contribution in [2.24, 2.45) is 4.99 Å². The van der Waals surface area contributed by atoms with E-state index in [4.69, 9.17) is 0 Å². The van der Waals surface area contributed by atoms with Crippen LogP contribution < -0.4 is 0 Å². The monoisotopic (exact) mass is 129 g/mol. The summed E-state index contributed by atoms with van der Waals surface area (Å²) in [4.78, 5) is 3.94. The van der Waals surface area contributed by atoms with Gasteiger partial charge >= 0.3 is 0 Å². The van der Waals surface area contributed by atoms with Gasteiger partial charge in [0.25, 0.3) is 0 Å². The zero-order chi connectivity index (χ0) is 6.62. The Balaban J connectivity index is 3.90. The minimum atomic E-state index is 0.00174. The highest BCUT2D eigenvalue weighted by Gasteiger charge is 2.10. The van der Waals surface area contributed by atoms with Gasteiger partial charge in [-0.15, -0.1) is 0 Å². The molecule has 0 aliphatic heterocycles. The van der Waals surface area contributed by atoms with Crippen LogP contribution in [0.4, 0.5) is 0 Å². The molecule has 0 radical (unpaired) electrons. The van der Waals surface area contributed by atoms with Crippen molar-refractivity contribution in [3.63, 3.8) is 0 Å². The van der Waals surface area contributed by atoms with E-state index >= 15 is 0 Å². The number of rotatable bonds is 2. The Hall–Kier alpha value is -0.200. The van der Waals surface area contributed by atoms with Crippen molar-refractivity contribution in [1.29, 1.82) is 0 Å². The van der Waals surface area contributed by atoms with E-state index in [2.05, 4.69) is 29.3 Å². The van der Waals surface area contributed by atoms with Crippen molar-refractivity contribution in [1.82, 2.24) is 0 Å². The topological polar surface area (TPSA) is 12.4 Å². The molecule has 0 N–H and O–H groups in total. The Bertz CT molecular complexity index is 112. The number of hydrogen-bond donors (Lipinski definition) is 0. The van der Waals surface area contributed by atoms with Crippen LogP contribution in [0.1, 0.15) is 27.2 Å². The number of isothiocyanates is 1. The second-order valence-corrected chi connectivity index (χ2v) is 2.55. The van der Waals surface area contributed by atoms with E-state index in [1.165, 1.54) is 0 Å². The Kier molecular flexibility index (Phi) is 2.88. The molecule has 0 saturated heterocycles. The first-order chi connectivity index (χ1) is 3.62. The van der Waals surface area contributed by atoms with Gasteiger partial charge in [-0.3, -0.25) is 0 Å². The molecule has 0 rings (SSSR count). The second-order valence-electron chi connectivity index (χ2n) is 2.37. The molecule has 0 aromatic carbocycles. The fraction of sp³-hybridized carbons (Fsp3) is 0.833. The van der Waals surface area contributed by atoms with E-state index < -0.39 is 0 Å². The number of aliphatic imine (C=N–C) groups is 1. The van der Waals surface area contributed by atoms with E-state index in [1.807, 2.05) is 13.8 Å². The van der Waals surface area contributed by atoms with E-state index in [1.54, 1.807) is 0 Å². The van der Waals surface area contributed by atoms with E-state index in [0.29, 0.717) is 0 Å². The van der Waals surface area contributed by atoms with Gasteiger partial charge in [0, 0.05) is 0 Å². The molecule has 8 heavy (non-hydrogen) atoms.